The lowest BCUT2D eigenvalue weighted by Crippen LogP contribution is -2.53. The molecule has 9 amide bonds. The lowest BCUT2D eigenvalue weighted by molar-refractivity contribution is -0.158. The third-order valence-corrected chi connectivity index (χ3v) is 17.2. The van der Waals surface area contributed by atoms with E-state index >= 15 is 0 Å². The van der Waals surface area contributed by atoms with Crippen molar-refractivity contribution in [3.05, 3.63) is 76.3 Å². The van der Waals surface area contributed by atoms with Crippen LogP contribution in [0.1, 0.15) is 124 Å². The number of hydrogen-bond acceptors (Lipinski definition) is 16. The van der Waals surface area contributed by atoms with Crippen molar-refractivity contribution in [3.8, 4) is 5.75 Å². The molecule has 11 atom stereocenters. The minimum Gasteiger partial charge on any atom is -0.495 e. The Morgan fingerprint density at radius 1 is 0.966 bits per heavy atom. The number of likely N-dealkylation sites (N-methyl/N-ethyl adjacent to an activating group) is 1. The quantitative estimate of drug-likeness (QED) is 0.0231. The van der Waals surface area contributed by atoms with Crippen LogP contribution in [0.15, 0.2) is 60.2 Å². The molecule has 88 heavy (non-hydrogen) atoms. The van der Waals surface area contributed by atoms with Gasteiger partial charge in [0, 0.05) is 83.4 Å². The number of nitrogens with zero attached hydrogens (tertiary/aromatic N) is 3. The molecular weight excluding hydrogens is 1160 g/mol. The number of rotatable bonds is 24. The minimum absolute atomic E-state index is 0.123. The van der Waals surface area contributed by atoms with Crippen molar-refractivity contribution < 1.29 is 76.4 Å². The molecule has 4 aliphatic heterocycles. The Morgan fingerprint density at radius 3 is 2.33 bits per heavy atom. The second kappa shape index (κ2) is 31.6. The number of benzene rings is 2. The average Bonchev–Trinajstić information content (AvgIpc) is 2.02. The normalized spacial score (nSPS) is 24.9. The first-order valence-electron chi connectivity index (χ1n) is 30.0. The summed E-state index contributed by atoms with van der Waals surface area (Å²) >= 11 is 6.85. The maximum absolute atomic E-state index is 14.4. The van der Waals surface area contributed by atoms with Crippen molar-refractivity contribution in [2.75, 3.05) is 51.6 Å². The smallest absolute Gasteiger partial charge is 0.410 e. The van der Waals surface area contributed by atoms with Crippen LogP contribution < -0.4 is 36.6 Å². The first-order valence-corrected chi connectivity index (χ1v) is 30.4. The number of carbonyl (C=O) groups excluding carboxylic acids is 10. The number of ketones is 1. The molecule has 25 heteroatoms. The van der Waals surface area contributed by atoms with Crippen LogP contribution in [0, 0.1) is 23.7 Å². The molecule has 0 aliphatic carbocycles. The van der Waals surface area contributed by atoms with Gasteiger partial charge >= 0.3 is 24.2 Å². The molecule has 3 saturated heterocycles. The lowest BCUT2D eigenvalue weighted by atomic mass is 9.84. The van der Waals surface area contributed by atoms with Crippen LogP contribution in [0.2, 0.25) is 5.02 Å². The topological polar surface area (TPSA) is 313 Å². The molecule has 24 nitrogen and oxygen atoms in total. The Labute approximate surface area is 519 Å². The summed E-state index contributed by atoms with van der Waals surface area (Å²) in [7, 11) is 5.95. The molecule has 2 aromatic carbocycles. The number of likely N-dealkylation sites (tertiary alicyclic amines) is 1. The van der Waals surface area contributed by atoms with E-state index in [1.807, 2.05) is 32.1 Å². The number of nitrogens with one attached hydrogen (secondary N) is 4. The SMILES string of the molecule is COc1cc2cc(c1Cl)N(C)C(=O)C[C@H](OC(=O)[C@H](C)N(C)C(=O)OCc1ccc(NC(=O)[C@H](CCCNC(N)=O)CC(=O)[C@@H](NC(=O)CCCCCN3C(=O)CC(C)C3=O)C(C)C)cc1)[C@]1(C)O[C@H]1[C@H](C)C1CC(NC(=O)O1)C(OC)/C=C/C=C(\C)C2. The number of primary amides is 1. The summed E-state index contributed by atoms with van der Waals surface area (Å²) in [6.45, 7) is 12.5. The van der Waals surface area contributed by atoms with Crippen molar-refractivity contribution in [1.82, 2.24) is 25.8 Å². The van der Waals surface area contributed by atoms with E-state index in [4.69, 9.17) is 45.8 Å². The summed E-state index contributed by atoms with van der Waals surface area (Å²) in [6, 6.07) is 6.66. The molecule has 0 spiro atoms. The molecule has 4 heterocycles. The number of esters is 1. The lowest BCUT2D eigenvalue weighted by Gasteiger charge is -2.36. The number of methoxy groups -OCH3 is 2. The molecule has 6 rings (SSSR count). The summed E-state index contributed by atoms with van der Waals surface area (Å²) in [4.78, 5) is 136. The van der Waals surface area contributed by atoms with E-state index in [9.17, 15) is 47.9 Å². The van der Waals surface area contributed by atoms with Crippen molar-refractivity contribution >= 4 is 82.5 Å². The van der Waals surface area contributed by atoms with Gasteiger partial charge in [-0.15, -0.1) is 0 Å². The molecule has 2 aromatic rings. The second-order valence-corrected chi connectivity index (χ2v) is 24.3. The zero-order chi connectivity index (χ0) is 64.7. The molecule has 0 aromatic heterocycles. The van der Waals surface area contributed by atoms with E-state index in [1.165, 1.54) is 30.9 Å². The number of allylic oxidation sites excluding steroid dienone is 3. The Morgan fingerprint density at radius 2 is 1.68 bits per heavy atom. The number of imide groups is 1. The standard InChI is InChI=1S/C63H87ClN8O16/c1-35(2)55(69-51(74)20-13-12-14-26-72-53(76)28-37(4)58(72)78)46(73)31-42(18-16-25-66-60(65)80)57(77)67-43-23-21-40(22-24-43)34-85-62(82)70(8)39(6)59(79)87-50-33-52(75)71(9)45-29-41(30-49(84-11)54(45)64)27-36(3)17-15-19-47(83-10)44-32-48(86-61(81)68-44)38(5)56-63(50,7)88-56/h15,17,19,21-24,29-30,35,37-39,42,44,47-48,50,55-56H,12-14,16,18,20,25-28,31-34H2,1-11H3,(H,67,77)(H,68,81)(H,69,74)(H3,65,66,80)/b19-15+,36-17+/t37?,38-,39+,42-,44?,47?,48?,50+,55+,56+,63+/m1/s1. The molecule has 482 valence electrons. The summed E-state index contributed by atoms with van der Waals surface area (Å²) in [5.41, 5.74) is 6.99. The number of amides is 9. The van der Waals surface area contributed by atoms with Gasteiger partial charge in [-0.1, -0.05) is 81.7 Å². The zero-order valence-electron chi connectivity index (χ0n) is 52.3. The number of fused-ring (bicyclic) bond motifs is 5. The highest BCUT2D eigenvalue weighted by molar-refractivity contribution is 6.35. The highest BCUT2D eigenvalue weighted by Crippen LogP contribution is 2.49. The van der Waals surface area contributed by atoms with Gasteiger partial charge in [0.1, 0.15) is 41.2 Å². The summed E-state index contributed by atoms with van der Waals surface area (Å²) < 4.78 is 35.4. The molecule has 3 fully saturated rings. The van der Waals surface area contributed by atoms with Gasteiger partial charge in [0.2, 0.25) is 29.5 Å². The summed E-state index contributed by atoms with van der Waals surface area (Å²) in [5, 5.41) is 11.2. The van der Waals surface area contributed by atoms with Crippen molar-refractivity contribution in [3.63, 3.8) is 0 Å². The van der Waals surface area contributed by atoms with E-state index in [0.717, 1.165) is 16.0 Å². The van der Waals surface area contributed by atoms with Crippen LogP contribution in [0.4, 0.5) is 25.8 Å². The first kappa shape index (κ1) is 69.5. The molecule has 4 bridgehead atoms. The van der Waals surface area contributed by atoms with Crippen molar-refractivity contribution in [2.45, 2.75) is 174 Å². The first-order chi connectivity index (χ1) is 41.6. The number of alkyl carbamates (subject to hydrolysis) is 1. The zero-order valence-corrected chi connectivity index (χ0v) is 53.0. The molecule has 4 unspecified atom stereocenters. The van der Waals surface area contributed by atoms with E-state index in [2.05, 4.69) is 21.3 Å². The van der Waals surface area contributed by atoms with Gasteiger partial charge in [-0.2, -0.15) is 0 Å². The fourth-order valence-electron chi connectivity index (χ4n) is 11.2. The third-order valence-electron chi connectivity index (χ3n) is 16.9. The van der Waals surface area contributed by atoms with Crippen molar-refractivity contribution in [2.24, 2.45) is 29.4 Å². The molecule has 4 aliphatic rings. The Balaban J connectivity index is 1.08. The number of nitrogens with two attached hydrogens (primary N) is 1. The van der Waals surface area contributed by atoms with Gasteiger partial charge in [-0.05, 0) is 94.2 Å². The minimum atomic E-state index is -1.26. The molecule has 0 saturated carbocycles. The van der Waals surface area contributed by atoms with Gasteiger partial charge in [0.15, 0.2) is 5.78 Å². The molecular formula is C63H87ClN8O16. The number of hydrogen-bond donors (Lipinski definition) is 5. The van der Waals surface area contributed by atoms with Crippen molar-refractivity contribution in [1.29, 1.82) is 0 Å². The van der Waals surface area contributed by atoms with E-state index < -0.39 is 96.0 Å². The maximum Gasteiger partial charge on any atom is 0.410 e. The number of ether oxygens (including phenoxy) is 6. The fraction of sp³-hybridized carbons (Fsp3) is 0.587. The highest BCUT2D eigenvalue weighted by atomic mass is 35.5. The van der Waals surface area contributed by atoms with Gasteiger partial charge in [0.05, 0.1) is 43.5 Å². The monoisotopic (exact) mass is 1250 g/mol. The van der Waals surface area contributed by atoms with Crippen LogP contribution in [0.3, 0.4) is 0 Å². The number of Topliss-reactive ketones (excluding diaryl/α,β-unsaturated/α-hetero) is 1. The predicted molar refractivity (Wildman–Crippen MR) is 326 cm³/mol. The predicted octanol–water partition coefficient (Wildman–Crippen LogP) is 7.06. The van der Waals surface area contributed by atoms with E-state index in [-0.39, 0.29) is 85.6 Å². The Bertz CT molecular complexity index is 2960. The van der Waals surface area contributed by atoms with Crippen LogP contribution >= 0.6 is 11.6 Å². The number of anilines is 2. The maximum atomic E-state index is 14.4. The summed E-state index contributed by atoms with van der Waals surface area (Å²) in [5.74, 6) is -4.51. The summed E-state index contributed by atoms with van der Waals surface area (Å²) in [6.07, 6.45) is 3.76. The molecule has 0 radical (unpaired) electrons. The largest absolute Gasteiger partial charge is 0.495 e. The fourth-order valence-corrected chi connectivity index (χ4v) is 11.5. The van der Waals surface area contributed by atoms with Crippen LogP contribution in [0.5, 0.6) is 5.75 Å². The van der Waals surface area contributed by atoms with Crippen LogP contribution in [0.25, 0.3) is 0 Å². The highest BCUT2D eigenvalue weighted by Gasteiger charge is 2.64. The number of carbonyl (C=O) groups is 10. The van der Waals surface area contributed by atoms with Crippen LogP contribution in [-0.2, 0) is 70.3 Å². The van der Waals surface area contributed by atoms with Gasteiger partial charge in [0.25, 0.3) is 0 Å². The Hall–Kier alpha value is -7.57. The Kier molecular flexibility index (Phi) is 24.9. The van der Waals surface area contributed by atoms with Gasteiger partial charge in [-0.25, -0.2) is 19.2 Å². The second-order valence-electron chi connectivity index (χ2n) is 23.9. The number of unbranched alkanes of at least 4 members (excludes halogenated alkanes) is 2. The van der Waals surface area contributed by atoms with Gasteiger partial charge < -0.3 is 60.3 Å². The number of epoxide rings is 1. The molecule has 6 N–H and O–H groups in total. The van der Waals surface area contributed by atoms with Crippen LogP contribution in [-0.4, -0.2) is 159 Å². The number of urea groups is 1. The third kappa shape index (κ3) is 18.5. The number of halogens is 1. The van der Waals surface area contributed by atoms with Gasteiger partial charge in [-0.3, -0.25) is 38.6 Å². The average molecular weight is 1250 g/mol. The van der Waals surface area contributed by atoms with E-state index in [1.54, 1.807) is 78.3 Å². The van der Waals surface area contributed by atoms with E-state index in [0.29, 0.717) is 67.8 Å².